The first-order valence-electron chi connectivity index (χ1n) is 5.97. The van der Waals surface area contributed by atoms with Crippen molar-refractivity contribution in [3.63, 3.8) is 0 Å². The van der Waals surface area contributed by atoms with Crippen molar-refractivity contribution in [1.29, 1.82) is 0 Å². The molecule has 0 spiro atoms. The van der Waals surface area contributed by atoms with Crippen LogP contribution in [0, 0.1) is 6.92 Å². The number of hydrogen-bond acceptors (Lipinski definition) is 2. The minimum atomic E-state index is -0.967. The van der Waals surface area contributed by atoms with Crippen LogP contribution in [-0.2, 0) is 17.8 Å². The average Bonchev–Trinajstić information content (AvgIpc) is 2.27. The lowest BCUT2D eigenvalue weighted by molar-refractivity contribution is -0.136. The number of nitrogens with zero attached hydrogens (tertiary/aromatic N) is 1. The molecular formula is C13H19NO3. The Kier molecular flexibility index (Phi) is 4.94. The Morgan fingerprint density at radius 2 is 2.06 bits per heavy atom. The molecule has 0 amide bonds. The number of carboxylic acid groups (broad SMARTS) is 1. The average molecular weight is 237 g/mol. The van der Waals surface area contributed by atoms with Crippen molar-refractivity contribution in [1.82, 2.24) is 4.57 Å². The molecule has 0 aliphatic carbocycles. The van der Waals surface area contributed by atoms with E-state index in [-0.39, 0.29) is 12.0 Å². The zero-order chi connectivity index (χ0) is 12.8. The van der Waals surface area contributed by atoms with E-state index >= 15 is 0 Å². The van der Waals surface area contributed by atoms with Gasteiger partial charge in [-0.15, -0.1) is 0 Å². The first-order chi connectivity index (χ1) is 8.06. The van der Waals surface area contributed by atoms with Gasteiger partial charge in [0.2, 0.25) is 0 Å². The number of aromatic nitrogens is 1. The van der Waals surface area contributed by atoms with Crippen LogP contribution >= 0.6 is 0 Å². The second-order valence-electron chi connectivity index (χ2n) is 4.23. The SMILES string of the molecule is CCCCCn1c(C)ccc(CC(=O)O)c1=O. The van der Waals surface area contributed by atoms with Gasteiger partial charge in [0.05, 0.1) is 6.42 Å². The standard InChI is InChI=1S/C13H19NO3/c1-3-4-5-8-14-10(2)6-7-11(13(14)17)9-12(15)16/h6-7H,3-5,8-9H2,1-2H3,(H,15,16). The molecule has 1 N–H and O–H groups in total. The summed E-state index contributed by atoms with van der Waals surface area (Å²) < 4.78 is 1.67. The van der Waals surface area contributed by atoms with Gasteiger partial charge in [-0.05, 0) is 19.4 Å². The van der Waals surface area contributed by atoms with Crippen molar-refractivity contribution >= 4 is 5.97 Å². The van der Waals surface area contributed by atoms with Crippen LogP contribution in [-0.4, -0.2) is 15.6 Å². The second kappa shape index (κ2) is 6.23. The van der Waals surface area contributed by atoms with Gasteiger partial charge in [0.25, 0.3) is 5.56 Å². The molecule has 0 aliphatic heterocycles. The van der Waals surface area contributed by atoms with E-state index in [2.05, 4.69) is 6.92 Å². The van der Waals surface area contributed by atoms with Gasteiger partial charge in [0.15, 0.2) is 0 Å². The summed E-state index contributed by atoms with van der Waals surface area (Å²) in [5.74, 6) is -0.967. The molecule has 94 valence electrons. The van der Waals surface area contributed by atoms with Crippen LogP contribution in [0.1, 0.15) is 37.4 Å². The molecule has 17 heavy (non-hydrogen) atoms. The van der Waals surface area contributed by atoms with Crippen molar-refractivity contribution in [3.05, 3.63) is 33.7 Å². The predicted octanol–water partition coefficient (Wildman–Crippen LogP) is 1.97. The molecule has 0 fully saturated rings. The molecule has 0 bridgehead atoms. The number of aryl methyl sites for hydroxylation is 1. The Hall–Kier alpha value is -1.58. The minimum absolute atomic E-state index is 0.163. The van der Waals surface area contributed by atoms with Crippen LogP contribution < -0.4 is 5.56 Å². The molecule has 1 rings (SSSR count). The molecule has 0 aliphatic rings. The summed E-state index contributed by atoms with van der Waals surface area (Å²) in [7, 11) is 0. The maximum absolute atomic E-state index is 12.0. The van der Waals surface area contributed by atoms with E-state index in [1.165, 1.54) is 0 Å². The lowest BCUT2D eigenvalue weighted by Crippen LogP contribution is -2.26. The van der Waals surface area contributed by atoms with Crippen molar-refractivity contribution in [2.24, 2.45) is 0 Å². The Balaban J connectivity index is 2.94. The van der Waals surface area contributed by atoms with Gasteiger partial charge in [0, 0.05) is 17.8 Å². The summed E-state index contributed by atoms with van der Waals surface area (Å²) >= 11 is 0. The van der Waals surface area contributed by atoms with E-state index in [1.807, 2.05) is 13.0 Å². The molecule has 4 heteroatoms. The van der Waals surface area contributed by atoms with E-state index in [9.17, 15) is 9.59 Å². The number of pyridine rings is 1. The van der Waals surface area contributed by atoms with Crippen LogP contribution in [0.5, 0.6) is 0 Å². The van der Waals surface area contributed by atoms with E-state index in [4.69, 9.17) is 5.11 Å². The highest BCUT2D eigenvalue weighted by atomic mass is 16.4. The lowest BCUT2D eigenvalue weighted by atomic mass is 10.1. The monoisotopic (exact) mass is 237 g/mol. The fourth-order valence-electron chi connectivity index (χ4n) is 1.81. The maximum atomic E-state index is 12.0. The molecule has 0 saturated heterocycles. The number of aliphatic carboxylic acids is 1. The van der Waals surface area contributed by atoms with E-state index in [0.29, 0.717) is 12.1 Å². The largest absolute Gasteiger partial charge is 0.481 e. The predicted molar refractivity (Wildman–Crippen MR) is 66.3 cm³/mol. The first kappa shape index (κ1) is 13.5. The summed E-state index contributed by atoms with van der Waals surface area (Å²) in [5.41, 5.74) is 1.09. The van der Waals surface area contributed by atoms with E-state index < -0.39 is 5.97 Å². The number of rotatable bonds is 6. The van der Waals surface area contributed by atoms with Crippen LogP contribution in [0.15, 0.2) is 16.9 Å². The minimum Gasteiger partial charge on any atom is -0.481 e. The summed E-state index contributed by atoms with van der Waals surface area (Å²) in [4.78, 5) is 22.6. The van der Waals surface area contributed by atoms with Gasteiger partial charge >= 0.3 is 5.97 Å². The molecule has 1 aromatic heterocycles. The van der Waals surface area contributed by atoms with Gasteiger partial charge in [0.1, 0.15) is 0 Å². The fraction of sp³-hybridized carbons (Fsp3) is 0.538. The fourth-order valence-corrected chi connectivity index (χ4v) is 1.81. The molecule has 0 aromatic carbocycles. The Morgan fingerprint density at radius 3 is 2.65 bits per heavy atom. The topological polar surface area (TPSA) is 59.3 Å². The zero-order valence-electron chi connectivity index (χ0n) is 10.4. The van der Waals surface area contributed by atoms with E-state index in [0.717, 1.165) is 25.0 Å². The summed E-state index contributed by atoms with van der Waals surface area (Å²) in [6, 6.07) is 3.42. The Morgan fingerprint density at radius 1 is 1.35 bits per heavy atom. The van der Waals surface area contributed by atoms with Gasteiger partial charge in [-0.1, -0.05) is 25.8 Å². The van der Waals surface area contributed by atoms with Crippen molar-refractivity contribution in [2.45, 2.75) is 46.1 Å². The van der Waals surface area contributed by atoms with Gasteiger partial charge in [-0.2, -0.15) is 0 Å². The van der Waals surface area contributed by atoms with Crippen molar-refractivity contribution in [3.8, 4) is 0 Å². The second-order valence-corrected chi connectivity index (χ2v) is 4.23. The number of carbonyl (C=O) groups is 1. The van der Waals surface area contributed by atoms with Crippen LogP contribution in [0.4, 0.5) is 0 Å². The molecule has 0 unspecified atom stereocenters. The van der Waals surface area contributed by atoms with Crippen LogP contribution in [0.25, 0.3) is 0 Å². The van der Waals surface area contributed by atoms with Crippen molar-refractivity contribution in [2.75, 3.05) is 0 Å². The molecule has 4 nitrogen and oxygen atoms in total. The molecular weight excluding hydrogens is 218 g/mol. The first-order valence-corrected chi connectivity index (χ1v) is 5.97. The van der Waals surface area contributed by atoms with Gasteiger partial charge in [-0.3, -0.25) is 9.59 Å². The highest BCUT2D eigenvalue weighted by Gasteiger charge is 2.09. The molecule has 0 radical (unpaired) electrons. The lowest BCUT2D eigenvalue weighted by Gasteiger charge is -2.10. The number of unbranched alkanes of at least 4 members (excludes halogenated alkanes) is 2. The third kappa shape index (κ3) is 3.73. The van der Waals surface area contributed by atoms with E-state index in [1.54, 1.807) is 10.6 Å². The smallest absolute Gasteiger partial charge is 0.308 e. The normalized spacial score (nSPS) is 10.5. The van der Waals surface area contributed by atoms with Gasteiger partial charge < -0.3 is 9.67 Å². The summed E-state index contributed by atoms with van der Waals surface area (Å²) in [5, 5.41) is 8.72. The highest BCUT2D eigenvalue weighted by molar-refractivity contribution is 5.69. The zero-order valence-corrected chi connectivity index (χ0v) is 10.4. The maximum Gasteiger partial charge on any atom is 0.308 e. The molecule has 0 saturated carbocycles. The third-order valence-electron chi connectivity index (χ3n) is 2.80. The molecule has 0 atom stereocenters. The summed E-state index contributed by atoms with van der Waals surface area (Å²) in [6.07, 6.45) is 2.93. The quantitative estimate of drug-likeness (QED) is 0.769. The third-order valence-corrected chi connectivity index (χ3v) is 2.80. The highest BCUT2D eigenvalue weighted by Crippen LogP contribution is 2.03. The number of hydrogen-bond donors (Lipinski definition) is 1. The Bertz CT molecular complexity index is 448. The Labute approximate surface area is 101 Å². The van der Waals surface area contributed by atoms with Crippen LogP contribution in [0.3, 0.4) is 0 Å². The molecule has 1 aromatic rings. The van der Waals surface area contributed by atoms with Crippen molar-refractivity contribution < 1.29 is 9.90 Å². The van der Waals surface area contributed by atoms with Gasteiger partial charge in [-0.25, -0.2) is 0 Å². The number of carboxylic acids is 1. The van der Waals surface area contributed by atoms with Crippen LogP contribution in [0.2, 0.25) is 0 Å². The summed E-state index contributed by atoms with van der Waals surface area (Å²) in [6.45, 7) is 4.65. The molecule has 1 heterocycles.